The number of halogens is 2. The molecule has 3 aromatic rings. The fourth-order valence-electron chi connectivity index (χ4n) is 2.17. The molecule has 0 aliphatic carbocycles. The molecule has 0 radical (unpaired) electrons. The van der Waals surface area contributed by atoms with E-state index in [4.69, 9.17) is 27.6 Å². The van der Waals surface area contributed by atoms with E-state index in [1.165, 1.54) is 6.07 Å². The molecule has 0 unspecified atom stereocenters. The molecule has 0 bridgehead atoms. The second kappa shape index (κ2) is 6.07. The Morgan fingerprint density at radius 1 is 1.13 bits per heavy atom. The van der Waals surface area contributed by atoms with Gasteiger partial charge in [0.2, 0.25) is 0 Å². The second-order valence-electron chi connectivity index (χ2n) is 4.98. The highest BCUT2D eigenvalue weighted by molar-refractivity contribution is 6.32. The predicted molar refractivity (Wildman–Crippen MR) is 91.6 cm³/mol. The Hall–Kier alpha value is -2.30. The lowest BCUT2D eigenvalue weighted by molar-refractivity contribution is 0.0997. The van der Waals surface area contributed by atoms with E-state index >= 15 is 0 Å². The van der Waals surface area contributed by atoms with Crippen LogP contribution in [0, 0.1) is 6.92 Å². The highest BCUT2D eigenvalue weighted by Gasteiger charge is 2.14. The summed E-state index contributed by atoms with van der Waals surface area (Å²) in [5.41, 5.74) is 1.26. The van der Waals surface area contributed by atoms with Crippen molar-refractivity contribution in [2.45, 2.75) is 6.92 Å². The Balaban J connectivity index is 2.00. The molecule has 0 aliphatic rings. The maximum Gasteiger partial charge on any atom is 0.291 e. The number of anilines is 1. The molecular formula is C17H11Cl2NO3. The van der Waals surface area contributed by atoms with Crippen LogP contribution in [0.3, 0.4) is 0 Å². The minimum Gasteiger partial charge on any atom is -0.451 e. The zero-order valence-electron chi connectivity index (χ0n) is 12.0. The quantitative estimate of drug-likeness (QED) is 0.733. The van der Waals surface area contributed by atoms with Crippen molar-refractivity contribution in [2.24, 2.45) is 0 Å². The minimum absolute atomic E-state index is 0.0794. The van der Waals surface area contributed by atoms with Crippen LogP contribution >= 0.6 is 23.2 Å². The van der Waals surface area contributed by atoms with Crippen LogP contribution in [0.25, 0.3) is 11.0 Å². The zero-order valence-corrected chi connectivity index (χ0v) is 13.5. The van der Waals surface area contributed by atoms with Gasteiger partial charge in [0.05, 0.1) is 5.39 Å². The van der Waals surface area contributed by atoms with E-state index in [9.17, 15) is 9.59 Å². The molecule has 3 rings (SSSR count). The molecule has 23 heavy (non-hydrogen) atoms. The van der Waals surface area contributed by atoms with Crippen molar-refractivity contribution in [1.29, 1.82) is 0 Å². The molecule has 0 saturated heterocycles. The molecule has 6 heteroatoms. The summed E-state index contributed by atoms with van der Waals surface area (Å²) in [6.45, 7) is 1.79. The summed E-state index contributed by atoms with van der Waals surface area (Å²) in [6, 6.07) is 11.0. The van der Waals surface area contributed by atoms with Crippen LogP contribution in [-0.2, 0) is 0 Å². The molecule has 1 heterocycles. The van der Waals surface area contributed by atoms with E-state index in [2.05, 4.69) is 5.32 Å². The SMILES string of the molecule is Cc1c(Cl)cccc1NC(=O)c1cc(=O)c2cc(Cl)ccc2o1. The van der Waals surface area contributed by atoms with E-state index in [1.807, 2.05) is 0 Å². The molecule has 1 N–H and O–H groups in total. The van der Waals surface area contributed by atoms with Gasteiger partial charge in [-0.05, 0) is 42.8 Å². The summed E-state index contributed by atoms with van der Waals surface area (Å²) in [7, 11) is 0. The lowest BCUT2D eigenvalue weighted by Crippen LogP contribution is -2.15. The highest BCUT2D eigenvalue weighted by atomic mass is 35.5. The van der Waals surface area contributed by atoms with Crippen LogP contribution < -0.4 is 10.7 Å². The van der Waals surface area contributed by atoms with Crippen molar-refractivity contribution in [3.05, 3.63) is 74.1 Å². The van der Waals surface area contributed by atoms with E-state index in [1.54, 1.807) is 37.3 Å². The zero-order chi connectivity index (χ0) is 16.6. The van der Waals surface area contributed by atoms with Gasteiger partial charge in [-0.15, -0.1) is 0 Å². The third-order valence-electron chi connectivity index (χ3n) is 3.43. The first-order valence-corrected chi connectivity index (χ1v) is 7.51. The molecule has 0 aliphatic heterocycles. The first kappa shape index (κ1) is 15.6. The van der Waals surface area contributed by atoms with Gasteiger partial charge in [-0.25, -0.2) is 0 Å². The van der Waals surface area contributed by atoms with Crippen molar-refractivity contribution in [3.8, 4) is 0 Å². The maximum absolute atomic E-state index is 12.3. The molecule has 4 nitrogen and oxygen atoms in total. The lowest BCUT2D eigenvalue weighted by Gasteiger charge is -2.09. The summed E-state index contributed by atoms with van der Waals surface area (Å²) in [5.74, 6) is -0.603. The van der Waals surface area contributed by atoms with Gasteiger partial charge >= 0.3 is 0 Å². The largest absolute Gasteiger partial charge is 0.451 e. The molecule has 2 aromatic carbocycles. The first-order valence-electron chi connectivity index (χ1n) is 6.75. The van der Waals surface area contributed by atoms with Crippen molar-refractivity contribution in [3.63, 3.8) is 0 Å². The fraction of sp³-hybridized carbons (Fsp3) is 0.0588. The van der Waals surface area contributed by atoms with Crippen LogP contribution in [0.4, 0.5) is 5.69 Å². The number of carbonyl (C=O) groups is 1. The normalized spacial score (nSPS) is 10.7. The standard InChI is InChI=1S/C17H11Cl2NO3/c1-9-12(19)3-2-4-13(9)20-17(22)16-8-14(21)11-7-10(18)5-6-15(11)23-16/h2-8H,1H3,(H,20,22). The van der Waals surface area contributed by atoms with Crippen molar-refractivity contribution in [2.75, 3.05) is 5.32 Å². The van der Waals surface area contributed by atoms with E-state index in [0.29, 0.717) is 26.7 Å². The summed E-state index contributed by atoms with van der Waals surface area (Å²) >= 11 is 11.9. The van der Waals surface area contributed by atoms with Gasteiger partial charge in [0, 0.05) is 21.8 Å². The van der Waals surface area contributed by atoms with E-state index in [-0.39, 0.29) is 11.2 Å². The number of rotatable bonds is 2. The first-order chi connectivity index (χ1) is 11.0. The number of benzene rings is 2. The molecule has 116 valence electrons. The predicted octanol–water partition coefficient (Wildman–Crippen LogP) is 4.66. The van der Waals surface area contributed by atoms with Gasteiger partial charge in [-0.1, -0.05) is 29.3 Å². The summed E-state index contributed by atoms with van der Waals surface area (Å²) in [5, 5.41) is 3.98. The Bertz CT molecular complexity index is 979. The number of nitrogens with one attached hydrogen (secondary N) is 1. The second-order valence-corrected chi connectivity index (χ2v) is 5.83. The number of hydrogen-bond acceptors (Lipinski definition) is 3. The number of amides is 1. The third kappa shape index (κ3) is 3.09. The van der Waals surface area contributed by atoms with Crippen LogP contribution in [0.1, 0.15) is 16.1 Å². The molecule has 1 aromatic heterocycles. The van der Waals surface area contributed by atoms with E-state index in [0.717, 1.165) is 11.6 Å². The Morgan fingerprint density at radius 2 is 1.91 bits per heavy atom. The van der Waals surface area contributed by atoms with Crippen molar-refractivity contribution in [1.82, 2.24) is 0 Å². The van der Waals surface area contributed by atoms with Gasteiger partial charge in [-0.3, -0.25) is 9.59 Å². The van der Waals surface area contributed by atoms with Crippen LogP contribution in [0.2, 0.25) is 10.0 Å². The Labute approximate surface area is 141 Å². The van der Waals surface area contributed by atoms with Gasteiger partial charge in [-0.2, -0.15) is 0 Å². The number of hydrogen-bond donors (Lipinski definition) is 1. The molecule has 0 atom stereocenters. The van der Waals surface area contributed by atoms with E-state index < -0.39 is 5.91 Å². The fourth-order valence-corrected chi connectivity index (χ4v) is 2.51. The van der Waals surface area contributed by atoms with Crippen LogP contribution in [0.15, 0.2) is 51.7 Å². The third-order valence-corrected chi connectivity index (χ3v) is 4.07. The number of carbonyl (C=O) groups excluding carboxylic acids is 1. The van der Waals surface area contributed by atoms with Gasteiger partial charge < -0.3 is 9.73 Å². The molecule has 0 saturated carbocycles. The van der Waals surface area contributed by atoms with Crippen LogP contribution in [-0.4, -0.2) is 5.91 Å². The van der Waals surface area contributed by atoms with Gasteiger partial charge in [0.25, 0.3) is 5.91 Å². The van der Waals surface area contributed by atoms with Gasteiger partial charge in [0.1, 0.15) is 5.58 Å². The topological polar surface area (TPSA) is 59.3 Å². The summed E-state index contributed by atoms with van der Waals surface area (Å²) < 4.78 is 5.50. The number of fused-ring (bicyclic) bond motifs is 1. The summed E-state index contributed by atoms with van der Waals surface area (Å²) in [4.78, 5) is 24.4. The summed E-state index contributed by atoms with van der Waals surface area (Å²) in [6.07, 6.45) is 0. The monoisotopic (exact) mass is 347 g/mol. The molecule has 0 fully saturated rings. The average molecular weight is 348 g/mol. The molecule has 1 amide bonds. The molecule has 0 spiro atoms. The lowest BCUT2D eigenvalue weighted by atomic mass is 10.2. The van der Waals surface area contributed by atoms with Gasteiger partial charge in [0.15, 0.2) is 11.2 Å². The molecular weight excluding hydrogens is 337 g/mol. The van der Waals surface area contributed by atoms with Crippen LogP contribution in [0.5, 0.6) is 0 Å². The Kier molecular flexibility index (Phi) is 4.11. The smallest absolute Gasteiger partial charge is 0.291 e. The average Bonchev–Trinajstić information content (AvgIpc) is 2.52. The van der Waals surface area contributed by atoms with Crippen molar-refractivity contribution < 1.29 is 9.21 Å². The maximum atomic E-state index is 12.3. The highest BCUT2D eigenvalue weighted by Crippen LogP contribution is 2.24. The van der Waals surface area contributed by atoms with Crippen molar-refractivity contribution >= 4 is 45.8 Å². The Morgan fingerprint density at radius 3 is 2.70 bits per heavy atom. The minimum atomic E-state index is -0.524.